The Morgan fingerprint density at radius 1 is 0.944 bits per heavy atom. The van der Waals surface area contributed by atoms with Crippen LogP contribution in [0.2, 0.25) is 0 Å². The Kier molecular flexibility index (Phi) is 14.0. The molecule has 0 aliphatic carbocycles. The van der Waals surface area contributed by atoms with Crippen molar-refractivity contribution in [3.05, 3.63) is 24.8 Å². The number of hydrogen-bond acceptors (Lipinski definition) is 2. The zero-order valence-corrected chi connectivity index (χ0v) is 12.2. The van der Waals surface area contributed by atoms with Gasteiger partial charge in [-0.05, 0) is 12.8 Å². The summed E-state index contributed by atoms with van der Waals surface area (Å²) in [7, 11) is 0. The van der Waals surface area contributed by atoms with Crippen LogP contribution in [0.5, 0.6) is 0 Å². The number of rotatable bonds is 13. The number of ether oxygens (including phenoxy) is 2. The molecule has 0 spiro atoms. The fraction of sp³-hybridized carbons (Fsp3) is 0.750. The first kappa shape index (κ1) is 17.4. The summed E-state index contributed by atoms with van der Waals surface area (Å²) in [4.78, 5) is 0. The molecule has 0 saturated carbocycles. The SMILES string of the molecule is C=C/C=C/CC(OCCCCC)OCCCCC. The first-order valence-corrected chi connectivity index (χ1v) is 7.35. The van der Waals surface area contributed by atoms with Crippen molar-refractivity contribution in [1.82, 2.24) is 0 Å². The fourth-order valence-corrected chi connectivity index (χ4v) is 1.60. The van der Waals surface area contributed by atoms with E-state index in [1.165, 1.54) is 25.7 Å². The summed E-state index contributed by atoms with van der Waals surface area (Å²) in [5, 5.41) is 0. The van der Waals surface area contributed by atoms with Crippen molar-refractivity contribution in [3.63, 3.8) is 0 Å². The van der Waals surface area contributed by atoms with Crippen molar-refractivity contribution in [1.29, 1.82) is 0 Å². The lowest BCUT2D eigenvalue weighted by Gasteiger charge is -2.17. The minimum Gasteiger partial charge on any atom is -0.352 e. The molecule has 2 nitrogen and oxygen atoms in total. The third-order valence-electron chi connectivity index (χ3n) is 2.70. The van der Waals surface area contributed by atoms with Gasteiger partial charge in [0, 0.05) is 19.6 Å². The third kappa shape index (κ3) is 11.9. The highest BCUT2D eigenvalue weighted by molar-refractivity contribution is 4.97. The van der Waals surface area contributed by atoms with E-state index in [4.69, 9.17) is 9.47 Å². The molecule has 0 aliphatic rings. The summed E-state index contributed by atoms with van der Waals surface area (Å²) in [6.45, 7) is 9.66. The topological polar surface area (TPSA) is 18.5 Å². The molecule has 0 unspecified atom stereocenters. The molecule has 0 aromatic heterocycles. The van der Waals surface area contributed by atoms with Crippen LogP contribution in [0.15, 0.2) is 24.8 Å². The highest BCUT2D eigenvalue weighted by Gasteiger charge is 2.06. The molecule has 0 amide bonds. The Hall–Kier alpha value is -0.600. The summed E-state index contributed by atoms with van der Waals surface area (Å²) >= 11 is 0. The molecule has 106 valence electrons. The van der Waals surface area contributed by atoms with Gasteiger partial charge in [0.2, 0.25) is 0 Å². The second-order valence-electron chi connectivity index (χ2n) is 4.48. The van der Waals surface area contributed by atoms with Crippen LogP contribution in [0.25, 0.3) is 0 Å². The van der Waals surface area contributed by atoms with Crippen LogP contribution in [-0.4, -0.2) is 19.5 Å². The Morgan fingerprint density at radius 2 is 1.50 bits per heavy atom. The maximum Gasteiger partial charge on any atom is 0.160 e. The van der Waals surface area contributed by atoms with Gasteiger partial charge < -0.3 is 9.47 Å². The van der Waals surface area contributed by atoms with Gasteiger partial charge in [0.1, 0.15) is 0 Å². The first-order valence-electron chi connectivity index (χ1n) is 7.35. The van der Waals surface area contributed by atoms with Crippen LogP contribution in [0, 0.1) is 0 Å². The standard InChI is InChI=1S/C16H30O2/c1-4-7-10-13-16(17-14-11-8-5-2)18-15-12-9-6-3/h4,7,10,16H,1,5-6,8-9,11-15H2,2-3H3/b10-7+. The molecule has 0 aliphatic heterocycles. The first-order chi connectivity index (χ1) is 8.85. The van der Waals surface area contributed by atoms with Crippen LogP contribution < -0.4 is 0 Å². The second kappa shape index (κ2) is 14.5. The van der Waals surface area contributed by atoms with Gasteiger partial charge in [0.25, 0.3) is 0 Å². The lowest BCUT2D eigenvalue weighted by atomic mass is 10.2. The molecular formula is C16H30O2. The minimum atomic E-state index is -0.0880. The average molecular weight is 254 g/mol. The van der Waals surface area contributed by atoms with Gasteiger partial charge in [0.15, 0.2) is 6.29 Å². The smallest absolute Gasteiger partial charge is 0.160 e. The highest BCUT2D eigenvalue weighted by Crippen LogP contribution is 2.07. The minimum absolute atomic E-state index is 0.0880. The molecule has 18 heavy (non-hydrogen) atoms. The van der Waals surface area contributed by atoms with Gasteiger partial charge in [0.05, 0.1) is 0 Å². The van der Waals surface area contributed by atoms with Crippen LogP contribution in [0.1, 0.15) is 58.8 Å². The lowest BCUT2D eigenvalue weighted by Crippen LogP contribution is -2.18. The molecule has 0 N–H and O–H groups in total. The molecule has 0 radical (unpaired) electrons. The molecule has 0 bridgehead atoms. The van der Waals surface area contributed by atoms with Gasteiger partial charge in [-0.2, -0.15) is 0 Å². The van der Waals surface area contributed by atoms with E-state index in [0.29, 0.717) is 0 Å². The molecule has 0 rings (SSSR count). The van der Waals surface area contributed by atoms with Crippen molar-refractivity contribution in [2.45, 2.75) is 65.1 Å². The summed E-state index contributed by atoms with van der Waals surface area (Å²) in [5.74, 6) is 0. The molecule has 0 saturated heterocycles. The second-order valence-corrected chi connectivity index (χ2v) is 4.48. The van der Waals surface area contributed by atoms with E-state index in [-0.39, 0.29) is 6.29 Å². The van der Waals surface area contributed by atoms with Crippen LogP contribution in [0.3, 0.4) is 0 Å². The van der Waals surface area contributed by atoms with Crippen LogP contribution in [0.4, 0.5) is 0 Å². The van der Waals surface area contributed by atoms with Crippen LogP contribution >= 0.6 is 0 Å². The Balaban J connectivity index is 3.76. The molecule has 2 heteroatoms. The van der Waals surface area contributed by atoms with Gasteiger partial charge in [-0.3, -0.25) is 0 Å². The summed E-state index contributed by atoms with van der Waals surface area (Å²) in [6, 6.07) is 0. The maximum atomic E-state index is 5.76. The summed E-state index contributed by atoms with van der Waals surface area (Å²) in [6.07, 6.45) is 13.6. The van der Waals surface area contributed by atoms with E-state index in [0.717, 1.165) is 32.5 Å². The molecule has 0 fully saturated rings. The van der Waals surface area contributed by atoms with Gasteiger partial charge in [-0.25, -0.2) is 0 Å². The predicted molar refractivity (Wildman–Crippen MR) is 78.7 cm³/mol. The van der Waals surface area contributed by atoms with E-state index in [1.807, 2.05) is 6.08 Å². The van der Waals surface area contributed by atoms with Gasteiger partial charge >= 0.3 is 0 Å². The van der Waals surface area contributed by atoms with Crippen molar-refractivity contribution in [3.8, 4) is 0 Å². The Bertz CT molecular complexity index is 187. The normalized spacial score (nSPS) is 11.5. The van der Waals surface area contributed by atoms with Crippen molar-refractivity contribution in [2.75, 3.05) is 13.2 Å². The van der Waals surface area contributed by atoms with E-state index in [1.54, 1.807) is 6.08 Å². The Morgan fingerprint density at radius 3 is 1.94 bits per heavy atom. The van der Waals surface area contributed by atoms with E-state index >= 15 is 0 Å². The van der Waals surface area contributed by atoms with Crippen molar-refractivity contribution in [2.24, 2.45) is 0 Å². The quantitative estimate of drug-likeness (QED) is 0.265. The number of hydrogen-bond donors (Lipinski definition) is 0. The molecular weight excluding hydrogens is 224 g/mol. The summed E-state index contributed by atoms with van der Waals surface area (Å²) < 4.78 is 11.5. The fourth-order valence-electron chi connectivity index (χ4n) is 1.60. The van der Waals surface area contributed by atoms with Crippen LogP contribution in [-0.2, 0) is 9.47 Å². The average Bonchev–Trinajstić information content (AvgIpc) is 2.39. The number of unbranched alkanes of at least 4 members (excludes halogenated alkanes) is 4. The van der Waals surface area contributed by atoms with E-state index in [2.05, 4.69) is 26.5 Å². The summed E-state index contributed by atoms with van der Waals surface area (Å²) in [5.41, 5.74) is 0. The van der Waals surface area contributed by atoms with Crippen molar-refractivity contribution >= 4 is 0 Å². The zero-order chi connectivity index (χ0) is 13.5. The zero-order valence-electron chi connectivity index (χ0n) is 12.2. The molecule has 0 aromatic rings. The van der Waals surface area contributed by atoms with E-state index < -0.39 is 0 Å². The molecule has 0 heterocycles. The monoisotopic (exact) mass is 254 g/mol. The van der Waals surface area contributed by atoms with Gasteiger partial charge in [-0.1, -0.05) is 64.3 Å². The largest absolute Gasteiger partial charge is 0.352 e. The lowest BCUT2D eigenvalue weighted by molar-refractivity contribution is -0.141. The number of allylic oxidation sites excluding steroid dienone is 2. The third-order valence-corrected chi connectivity index (χ3v) is 2.70. The van der Waals surface area contributed by atoms with Gasteiger partial charge in [-0.15, -0.1) is 0 Å². The predicted octanol–water partition coefficient (Wildman–Crippen LogP) is 4.86. The van der Waals surface area contributed by atoms with E-state index in [9.17, 15) is 0 Å². The molecule has 0 aromatic carbocycles. The Labute approximate surface area is 113 Å². The highest BCUT2D eigenvalue weighted by atomic mass is 16.7. The van der Waals surface area contributed by atoms with Crippen molar-refractivity contribution < 1.29 is 9.47 Å². The maximum absolute atomic E-state index is 5.76. The molecule has 0 atom stereocenters.